The van der Waals surface area contributed by atoms with Crippen molar-refractivity contribution in [2.24, 2.45) is 0 Å². The molecule has 2 heterocycles. The third-order valence-corrected chi connectivity index (χ3v) is 4.18. The molecule has 2 N–H and O–H groups in total. The lowest BCUT2D eigenvalue weighted by atomic mass is 10.1. The first kappa shape index (κ1) is 16.6. The molecule has 1 aromatic heterocycles. The number of rotatable bonds is 4. The molecular formula is C16H17ClFN5O. The van der Waals surface area contributed by atoms with Gasteiger partial charge in [0.25, 0.3) is 5.91 Å². The average molecular weight is 350 g/mol. The van der Waals surface area contributed by atoms with Gasteiger partial charge < -0.3 is 10.6 Å². The molecule has 0 unspecified atom stereocenters. The van der Waals surface area contributed by atoms with Crippen LogP contribution in [-0.4, -0.2) is 40.5 Å². The van der Waals surface area contributed by atoms with Gasteiger partial charge in [0, 0.05) is 13.1 Å². The fraction of sp³-hybridized carbons (Fsp3) is 0.312. The van der Waals surface area contributed by atoms with E-state index in [1.54, 1.807) is 6.92 Å². The summed E-state index contributed by atoms with van der Waals surface area (Å²) in [6.07, 6.45) is 2.99. The van der Waals surface area contributed by atoms with E-state index in [9.17, 15) is 9.18 Å². The second-order valence-electron chi connectivity index (χ2n) is 5.53. The van der Waals surface area contributed by atoms with Gasteiger partial charge in [-0.15, -0.1) is 5.10 Å². The van der Waals surface area contributed by atoms with Crippen LogP contribution < -0.4 is 10.6 Å². The van der Waals surface area contributed by atoms with Gasteiger partial charge >= 0.3 is 0 Å². The lowest BCUT2D eigenvalue weighted by molar-refractivity contribution is 0.0951. The van der Waals surface area contributed by atoms with Gasteiger partial charge in [-0.05, 0) is 38.1 Å². The smallest absolute Gasteiger partial charge is 0.274 e. The van der Waals surface area contributed by atoms with Crippen LogP contribution in [0.3, 0.4) is 0 Å². The molecule has 1 aromatic carbocycles. The first-order chi connectivity index (χ1) is 11.6. The van der Waals surface area contributed by atoms with Gasteiger partial charge in [-0.25, -0.2) is 9.07 Å². The van der Waals surface area contributed by atoms with Crippen molar-refractivity contribution in [2.75, 3.05) is 19.6 Å². The molecule has 0 aliphatic carbocycles. The van der Waals surface area contributed by atoms with Crippen LogP contribution in [0.4, 0.5) is 4.39 Å². The number of benzene rings is 1. The van der Waals surface area contributed by atoms with E-state index in [1.807, 2.05) is 0 Å². The van der Waals surface area contributed by atoms with Crippen molar-refractivity contribution in [3.8, 4) is 5.69 Å². The number of amides is 1. The molecule has 8 heteroatoms. The third kappa shape index (κ3) is 3.47. The summed E-state index contributed by atoms with van der Waals surface area (Å²) in [5.41, 5.74) is 2.54. The molecule has 0 bridgehead atoms. The lowest BCUT2D eigenvalue weighted by Crippen LogP contribution is -2.30. The Labute approximate surface area is 143 Å². The summed E-state index contributed by atoms with van der Waals surface area (Å²) in [6, 6.07) is 4.23. The molecule has 24 heavy (non-hydrogen) atoms. The van der Waals surface area contributed by atoms with Crippen LogP contribution >= 0.6 is 11.6 Å². The van der Waals surface area contributed by atoms with Crippen molar-refractivity contribution in [3.63, 3.8) is 0 Å². The summed E-state index contributed by atoms with van der Waals surface area (Å²) >= 11 is 5.79. The van der Waals surface area contributed by atoms with Crippen LogP contribution in [0.1, 0.15) is 22.6 Å². The van der Waals surface area contributed by atoms with Gasteiger partial charge in [0.15, 0.2) is 5.69 Å². The molecule has 0 spiro atoms. The molecule has 126 valence electrons. The molecule has 2 aromatic rings. The van der Waals surface area contributed by atoms with E-state index in [0.717, 1.165) is 19.5 Å². The Balaban J connectivity index is 1.75. The van der Waals surface area contributed by atoms with E-state index >= 15 is 0 Å². The standard InChI is InChI=1S/C16H17ClFN5O/c1-10-15(16(24)20-9-11-4-6-19-7-5-11)21-22-23(10)12-2-3-14(18)13(17)8-12/h2-4,8,19H,5-7,9H2,1H3,(H,20,24). The Kier molecular flexibility index (Phi) is 4.92. The molecule has 3 rings (SSSR count). The summed E-state index contributed by atoms with van der Waals surface area (Å²) < 4.78 is 14.7. The second-order valence-corrected chi connectivity index (χ2v) is 5.94. The minimum absolute atomic E-state index is 0.00810. The SMILES string of the molecule is Cc1c(C(=O)NCC2=CCNCC2)nnn1-c1ccc(F)c(Cl)c1. The maximum Gasteiger partial charge on any atom is 0.274 e. The number of hydrogen-bond donors (Lipinski definition) is 2. The van der Waals surface area contributed by atoms with E-state index < -0.39 is 5.82 Å². The number of aromatic nitrogens is 3. The Bertz CT molecular complexity index is 802. The minimum atomic E-state index is -0.508. The summed E-state index contributed by atoms with van der Waals surface area (Å²) in [5.74, 6) is -0.794. The molecule has 1 amide bonds. The summed E-state index contributed by atoms with van der Waals surface area (Å²) in [7, 11) is 0. The van der Waals surface area contributed by atoms with Gasteiger partial charge in [-0.3, -0.25) is 4.79 Å². The Hall–Kier alpha value is -2.25. The zero-order valence-electron chi connectivity index (χ0n) is 13.1. The predicted molar refractivity (Wildman–Crippen MR) is 89.0 cm³/mol. The van der Waals surface area contributed by atoms with Crippen molar-refractivity contribution >= 4 is 17.5 Å². The van der Waals surface area contributed by atoms with Crippen molar-refractivity contribution in [2.45, 2.75) is 13.3 Å². The van der Waals surface area contributed by atoms with Crippen LogP contribution in [0.25, 0.3) is 5.69 Å². The number of carbonyl (C=O) groups excluding carboxylic acids is 1. The predicted octanol–water partition coefficient (Wildman–Crippen LogP) is 2.02. The highest BCUT2D eigenvalue weighted by Gasteiger charge is 2.18. The molecule has 0 saturated heterocycles. The minimum Gasteiger partial charge on any atom is -0.347 e. The molecule has 0 saturated carbocycles. The van der Waals surface area contributed by atoms with Crippen LogP contribution in [0, 0.1) is 12.7 Å². The molecule has 1 aliphatic rings. The van der Waals surface area contributed by atoms with Crippen molar-refractivity contribution < 1.29 is 9.18 Å². The monoisotopic (exact) mass is 349 g/mol. The largest absolute Gasteiger partial charge is 0.347 e. The maximum absolute atomic E-state index is 13.3. The Morgan fingerprint density at radius 2 is 2.33 bits per heavy atom. The normalized spacial score (nSPS) is 14.4. The Morgan fingerprint density at radius 1 is 1.50 bits per heavy atom. The number of carbonyl (C=O) groups is 1. The topological polar surface area (TPSA) is 71.8 Å². The van der Waals surface area contributed by atoms with E-state index in [-0.39, 0.29) is 16.6 Å². The fourth-order valence-electron chi connectivity index (χ4n) is 2.51. The second kappa shape index (κ2) is 7.11. The number of halogens is 2. The van der Waals surface area contributed by atoms with Gasteiger partial charge in [0.1, 0.15) is 5.82 Å². The van der Waals surface area contributed by atoms with Crippen molar-refractivity contribution in [1.82, 2.24) is 25.6 Å². The zero-order valence-corrected chi connectivity index (χ0v) is 13.9. The van der Waals surface area contributed by atoms with E-state index in [0.29, 0.717) is 17.9 Å². The first-order valence-electron chi connectivity index (χ1n) is 7.61. The number of nitrogens with zero attached hydrogens (tertiary/aromatic N) is 3. The molecule has 1 aliphatic heterocycles. The summed E-state index contributed by atoms with van der Waals surface area (Å²) in [6.45, 7) is 3.97. The van der Waals surface area contributed by atoms with Gasteiger partial charge in [-0.1, -0.05) is 28.5 Å². The van der Waals surface area contributed by atoms with E-state index in [2.05, 4.69) is 27.0 Å². The maximum atomic E-state index is 13.3. The van der Waals surface area contributed by atoms with Crippen LogP contribution in [-0.2, 0) is 0 Å². The first-order valence-corrected chi connectivity index (χ1v) is 7.98. The van der Waals surface area contributed by atoms with Gasteiger partial charge in [0.05, 0.1) is 16.4 Å². The molecular weight excluding hydrogens is 333 g/mol. The zero-order chi connectivity index (χ0) is 17.1. The lowest BCUT2D eigenvalue weighted by Gasteiger charge is -2.14. The van der Waals surface area contributed by atoms with Crippen LogP contribution in [0.2, 0.25) is 5.02 Å². The Morgan fingerprint density at radius 3 is 3.04 bits per heavy atom. The number of hydrogen-bond acceptors (Lipinski definition) is 4. The highest BCUT2D eigenvalue weighted by molar-refractivity contribution is 6.30. The van der Waals surface area contributed by atoms with E-state index in [4.69, 9.17) is 11.6 Å². The van der Waals surface area contributed by atoms with E-state index in [1.165, 1.54) is 28.5 Å². The third-order valence-electron chi connectivity index (χ3n) is 3.89. The van der Waals surface area contributed by atoms with Gasteiger partial charge in [-0.2, -0.15) is 0 Å². The molecule has 0 atom stereocenters. The van der Waals surface area contributed by atoms with Gasteiger partial charge in [0.2, 0.25) is 0 Å². The highest BCUT2D eigenvalue weighted by Crippen LogP contribution is 2.20. The highest BCUT2D eigenvalue weighted by atomic mass is 35.5. The van der Waals surface area contributed by atoms with Crippen LogP contribution in [0.5, 0.6) is 0 Å². The molecule has 6 nitrogen and oxygen atoms in total. The quantitative estimate of drug-likeness (QED) is 0.828. The number of nitrogens with one attached hydrogen (secondary N) is 2. The van der Waals surface area contributed by atoms with Crippen LogP contribution in [0.15, 0.2) is 29.8 Å². The van der Waals surface area contributed by atoms with Crippen molar-refractivity contribution in [1.29, 1.82) is 0 Å². The summed E-state index contributed by atoms with van der Waals surface area (Å²) in [5, 5.41) is 14.0. The molecule has 0 radical (unpaired) electrons. The average Bonchev–Trinajstić information content (AvgIpc) is 2.98. The fourth-order valence-corrected chi connectivity index (χ4v) is 2.68. The van der Waals surface area contributed by atoms with Crippen molar-refractivity contribution in [3.05, 3.63) is 52.1 Å². The summed E-state index contributed by atoms with van der Waals surface area (Å²) in [4.78, 5) is 12.3. The molecule has 0 fully saturated rings.